The van der Waals surface area contributed by atoms with Crippen molar-refractivity contribution in [2.75, 3.05) is 9.80 Å². The third-order valence-electron chi connectivity index (χ3n) is 11.2. The van der Waals surface area contributed by atoms with Gasteiger partial charge in [-0.05, 0) is 71.0 Å². The Morgan fingerprint density at radius 1 is 0.508 bits per heavy atom. The van der Waals surface area contributed by atoms with E-state index in [4.69, 9.17) is 9.72 Å². The van der Waals surface area contributed by atoms with Crippen molar-refractivity contribution in [1.29, 1.82) is 0 Å². The second-order valence-electron chi connectivity index (χ2n) is 15.8. The van der Waals surface area contributed by atoms with Crippen LogP contribution in [-0.2, 0) is 26.5 Å². The van der Waals surface area contributed by atoms with Crippen LogP contribution in [0.2, 0.25) is 0 Å². The van der Waals surface area contributed by atoms with Crippen molar-refractivity contribution in [3.05, 3.63) is 194 Å². The molecule has 290 valence electrons. The van der Waals surface area contributed by atoms with Crippen LogP contribution in [0.5, 0.6) is 11.5 Å². The molecular formula is C52H38N5OPt-3. The van der Waals surface area contributed by atoms with Gasteiger partial charge in [-0.25, -0.2) is 4.98 Å². The summed E-state index contributed by atoms with van der Waals surface area (Å²) in [5.41, 5.74) is 10.7. The first-order valence-corrected chi connectivity index (χ1v) is 19.6. The summed E-state index contributed by atoms with van der Waals surface area (Å²) in [6.07, 6.45) is 1.90. The van der Waals surface area contributed by atoms with Crippen LogP contribution >= 0.6 is 0 Å². The first kappa shape index (κ1) is 36.7. The molecule has 0 amide bonds. The van der Waals surface area contributed by atoms with Gasteiger partial charge in [0.05, 0.1) is 16.7 Å². The van der Waals surface area contributed by atoms with Gasteiger partial charge in [-0.3, -0.25) is 0 Å². The van der Waals surface area contributed by atoms with Crippen LogP contribution in [0.3, 0.4) is 0 Å². The number of rotatable bonds is 6. The molecule has 0 bridgehead atoms. The molecule has 0 saturated heterocycles. The Morgan fingerprint density at radius 3 is 1.71 bits per heavy atom. The van der Waals surface area contributed by atoms with Crippen LogP contribution in [0, 0.1) is 18.8 Å². The molecule has 3 aromatic heterocycles. The quantitative estimate of drug-likeness (QED) is 0.156. The summed E-state index contributed by atoms with van der Waals surface area (Å²) < 4.78 is 11.2. The Kier molecular flexibility index (Phi) is 8.92. The predicted molar refractivity (Wildman–Crippen MR) is 237 cm³/mol. The summed E-state index contributed by atoms with van der Waals surface area (Å²) in [4.78, 5) is 9.30. The van der Waals surface area contributed by atoms with Gasteiger partial charge in [-0.1, -0.05) is 105 Å². The maximum absolute atomic E-state index is 6.60. The van der Waals surface area contributed by atoms with Gasteiger partial charge in [0.25, 0.3) is 0 Å². The molecule has 0 N–H and O–H groups in total. The van der Waals surface area contributed by atoms with Crippen molar-refractivity contribution in [3.8, 4) is 23.0 Å². The third-order valence-corrected chi connectivity index (χ3v) is 11.2. The topological polar surface area (TPSA) is 38.5 Å². The molecule has 7 aromatic carbocycles. The molecule has 59 heavy (non-hydrogen) atoms. The van der Waals surface area contributed by atoms with Crippen LogP contribution < -0.4 is 14.5 Å². The molecule has 0 radical (unpaired) electrons. The second kappa shape index (κ2) is 14.3. The Balaban J connectivity index is 0.00000420. The van der Waals surface area contributed by atoms with Crippen molar-refractivity contribution in [2.24, 2.45) is 0 Å². The van der Waals surface area contributed by atoms with E-state index in [1.165, 1.54) is 27.4 Å². The fourth-order valence-corrected chi connectivity index (χ4v) is 8.47. The van der Waals surface area contributed by atoms with Gasteiger partial charge < -0.3 is 23.7 Å². The molecule has 0 saturated carbocycles. The summed E-state index contributed by atoms with van der Waals surface area (Å²) in [5.74, 6) is 2.05. The van der Waals surface area contributed by atoms with Gasteiger partial charge in [-0.2, -0.15) is 12.1 Å². The zero-order valence-corrected chi connectivity index (χ0v) is 35.0. The second-order valence-corrected chi connectivity index (χ2v) is 15.8. The number of aromatic nitrogens is 3. The van der Waals surface area contributed by atoms with E-state index in [0.29, 0.717) is 11.5 Å². The minimum absolute atomic E-state index is 0. The normalized spacial score (nSPS) is 12.7. The van der Waals surface area contributed by atoms with Gasteiger partial charge >= 0.3 is 0 Å². The molecule has 11 rings (SSSR count). The van der Waals surface area contributed by atoms with Crippen LogP contribution in [0.4, 0.5) is 22.7 Å². The van der Waals surface area contributed by atoms with E-state index in [1.807, 2.05) is 24.4 Å². The van der Waals surface area contributed by atoms with Crippen molar-refractivity contribution in [1.82, 2.24) is 14.1 Å². The minimum Gasteiger partial charge on any atom is -0.509 e. The summed E-state index contributed by atoms with van der Waals surface area (Å²) in [5, 5.41) is 4.70. The largest absolute Gasteiger partial charge is 0.509 e. The number of nitrogens with zero attached hydrogens (tertiary/aromatic N) is 5. The molecule has 0 spiro atoms. The first-order chi connectivity index (χ1) is 28.4. The van der Waals surface area contributed by atoms with E-state index in [9.17, 15) is 0 Å². The molecule has 0 fully saturated rings. The molecule has 0 aliphatic carbocycles. The minimum atomic E-state index is -0.0185. The van der Waals surface area contributed by atoms with Crippen LogP contribution in [0.1, 0.15) is 26.3 Å². The van der Waals surface area contributed by atoms with Crippen molar-refractivity contribution in [2.45, 2.75) is 26.2 Å². The van der Waals surface area contributed by atoms with E-state index < -0.39 is 0 Å². The van der Waals surface area contributed by atoms with Gasteiger partial charge in [0.2, 0.25) is 0 Å². The molecule has 6 nitrogen and oxygen atoms in total. The smallest absolute Gasteiger partial charge is 0.135 e. The number of para-hydroxylation sites is 7. The molecule has 0 unspecified atom stereocenters. The number of pyridine rings is 1. The van der Waals surface area contributed by atoms with Crippen LogP contribution in [0.25, 0.3) is 55.1 Å². The maximum atomic E-state index is 6.60. The Morgan fingerprint density at radius 2 is 1.05 bits per heavy atom. The zero-order chi connectivity index (χ0) is 39.0. The van der Waals surface area contributed by atoms with Gasteiger partial charge in [0.1, 0.15) is 5.82 Å². The Bertz CT molecular complexity index is 3160. The Labute approximate surface area is 357 Å². The first-order valence-electron chi connectivity index (χ1n) is 19.6. The van der Waals surface area contributed by atoms with Crippen molar-refractivity contribution >= 4 is 66.4 Å². The van der Waals surface area contributed by atoms with Crippen LogP contribution in [0.15, 0.2) is 170 Å². The van der Waals surface area contributed by atoms with Crippen molar-refractivity contribution < 1.29 is 25.8 Å². The number of hydrogen-bond acceptors (Lipinski definition) is 4. The average Bonchev–Trinajstić information content (AvgIpc) is 3.92. The third kappa shape index (κ3) is 6.09. The van der Waals surface area contributed by atoms with E-state index >= 15 is 0 Å². The summed E-state index contributed by atoms with van der Waals surface area (Å²) in [7, 11) is 0. The number of anilines is 4. The SMILES string of the molecule is CC(C)(C)c1ccnc(-n2c3[c-]c(Oc4[c-]c(N5[CH-]N(c6ccccc6-n6c7ccccc7c7ccccc76)c6ccccc65)ccc4)ccc3c3ccccc32)c1.[Pt]. The summed E-state index contributed by atoms with van der Waals surface area (Å²) in [6, 6.07) is 64.5. The summed E-state index contributed by atoms with van der Waals surface area (Å²) in [6.45, 7) is 8.83. The number of benzene rings is 7. The molecule has 7 heteroatoms. The fraction of sp³-hybridized carbons (Fsp3) is 0.0769. The summed E-state index contributed by atoms with van der Waals surface area (Å²) >= 11 is 0. The average molecular weight is 944 g/mol. The molecule has 0 atom stereocenters. The molecule has 1 aliphatic rings. The van der Waals surface area contributed by atoms with E-state index in [2.05, 4.69) is 204 Å². The molecule has 10 aromatic rings. The maximum Gasteiger partial charge on any atom is 0.135 e. The predicted octanol–water partition coefficient (Wildman–Crippen LogP) is 13.4. The van der Waals surface area contributed by atoms with Gasteiger partial charge in [0.15, 0.2) is 0 Å². The Hall–Kier alpha value is -6.62. The molecule has 1 aliphatic heterocycles. The monoisotopic (exact) mass is 943 g/mol. The standard InChI is InChI=1S/C52H38N5O.Pt/c1-52(2,3)35-29-30-53-51(31-35)57-45-22-9-6-19-41(45)42-28-27-38(33-50(42)57)58-37-16-14-15-36(32-37)54-34-55(47-24-11-10-23-46(47)54)48-25-12-13-26-49(48)56-43-20-7-4-17-39(43)40-18-5-8-21-44(40)56;/h4-31,34H,1-3H3;/q-3;. The van der Waals surface area contributed by atoms with E-state index in [0.717, 1.165) is 56.1 Å². The van der Waals surface area contributed by atoms with Gasteiger partial charge in [-0.15, -0.1) is 48.1 Å². The number of hydrogen-bond donors (Lipinski definition) is 0. The van der Waals surface area contributed by atoms with E-state index in [1.54, 1.807) is 0 Å². The van der Waals surface area contributed by atoms with Crippen molar-refractivity contribution in [3.63, 3.8) is 0 Å². The molecule has 4 heterocycles. The fourth-order valence-electron chi connectivity index (χ4n) is 8.47. The zero-order valence-electron chi connectivity index (χ0n) is 32.7. The molecular weight excluding hydrogens is 906 g/mol. The number of fused-ring (bicyclic) bond motifs is 7. The van der Waals surface area contributed by atoms with Gasteiger partial charge in [0, 0.05) is 72.1 Å². The van der Waals surface area contributed by atoms with E-state index in [-0.39, 0.29) is 26.5 Å². The van der Waals surface area contributed by atoms with Crippen LogP contribution in [-0.4, -0.2) is 14.1 Å². The number of ether oxygens (including phenoxy) is 1.